The molecule has 0 radical (unpaired) electrons. The number of carbonyl (C=O) groups excluding carboxylic acids is 1. The third-order valence-electron chi connectivity index (χ3n) is 2.11. The molecule has 7 heteroatoms. The van der Waals surface area contributed by atoms with Crippen LogP contribution in [0.1, 0.15) is 13.3 Å². The van der Waals surface area contributed by atoms with Crippen molar-refractivity contribution in [3.05, 3.63) is 6.07 Å². The first-order valence-corrected chi connectivity index (χ1v) is 5.14. The number of aromatic nitrogens is 2. The maximum atomic E-state index is 11.5. The molecule has 0 aliphatic rings. The van der Waals surface area contributed by atoms with Crippen LogP contribution in [-0.4, -0.2) is 36.1 Å². The molecular formula is C10H16N4O3. The van der Waals surface area contributed by atoms with E-state index in [1.54, 1.807) is 0 Å². The number of carbonyl (C=O) groups is 1. The zero-order valence-corrected chi connectivity index (χ0v) is 10.1. The summed E-state index contributed by atoms with van der Waals surface area (Å²) in [5.74, 6) is 0.368. The van der Waals surface area contributed by atoms with Crippen molar-refractivity contribution in [2.75, 3.05) is 19.5 Å². The third-order valence-corrected chi connectivity index (χ3v) is 2.11. The highest BCUT2D eigenvalue weighted by Gasteiger charge is 2.14. The molecule has 1 aromatic heterocycles. The van der Waals surface area contributed by atoms with Crippen molar-refractivity contribution >= 4 is 11.9 Å². The Morgan fingerprint density at radius 2 is 1.94 bits per heavy atom. The molecule has 17 heavy (non-hydrogen) atoms. The van der Waals surface area contributed by atoms with E-state index in [0.29, 0.717) is 18.2 Å². The molecule has 0 saturated heterocycles. The smallest absolute Gasteiger partial charge is 0.243 e. The number of methoxy groups -OCH3 is 2. The first-order valence-electron chi connectivity index (χ1n) is 5.14. The fourth-order valence-corrected chi connectivity index (χ4v) is 1.06. The van der Waals surface area contributed by atoms with Crippen molar-refractivity contribution in [1.82, 2.24) is 9.97 Å². The molecule has 1 amide bonds. The summed E-state index contributed by atoms with van der Waals surface area (Å²) in [5.41, 5.74) is 5.58. The van der Waals surface area contributed by atoms with Crippen LogP contribution in [0.3, 0.4) is 0 Å². The normalized spacial score (nSPS) is 11.8. The van der Waals surface area contributed by atoms with Gasteiger partial charge in [0.2, 0.25) is 23.6 Å². The minimum atomic E-state index is -0.587. The van der Waals surface area contributed by atoms with E-state index in [1.165, 1.54) is 20.3 Å². The number of rotatable bonds is 5. The third kappa shape index (κ3) is 3.56. The standard InChI is InChI=1S/C10H16N4O3/c1-4-6(11)9(15)14-10-12-7(16-2)5-8(13-10)17-3/h5-6H,4,11H2,1-3H3,(H,12,13,14,15)/t6-/m0/s1. The van der Waals surface area contributed by atoms with Crippen LogP contribution in [0.15, 0.2) is 6.07 Å². The average Bonchev–Trinajstić information content (AvgIpc) is 2.36. The van der Waals surface area contributed by atoms with E-state index >= 15 is 0 Å². The van der Waals surface area contributed by atoms with Crippen LogP contribution in [-0.2, 0) is 4.79 Å². The van der Waals surface area contributed by atoms with Crippen molar-refractivity contribution in [2.24, 2.45) is 5.73 Å². The quantitative estimate of drug-likeness (QED) is 0.761. The van der Waals surface area contributed by atoms with Gasteiger partial charge in [-0.1, -0.05) is 6.92 Å². The van der Waals surface area contributed by atoms with Crippen molar-refractivity contribution in [2.45, 2.75) is 19.4 Å². The lowest BCUT2D eigenvalue weighted by Gasteiger charge is -2.10. The van der Waals surface area contributed by atoms with Gasteiger partial charge in [0, 0.05) is 0 Å². The largest absolute Gasteiger partial charge is 0.481 e. The van der Waals surface area contributed by atoms with Gasteiger partial charge in [0.1, 0.15) is 0 Å². The molecule has 1 aromatic rings. The van der Waals surface area contributed by atoms with Crippen LogP contribution in [0, 0.1) is 0 Å². The molecule has 0 aromatic carbocycles. The van der Waals surface area contributed by atoms with Gasteiger partial charge in [-0.25, -0.2) is 0 Å². The van der Waals surface area contributed by atoms with Crippen LogP contribution >= 0.6 is 0 Å². The Morgan fingerprint density at radius 3 is 2.35 bits per heavy atom. The summed E-state index contributed by atoms with van der Waals surface area (Å²) in [6, 6.07) is 0.922. The highest BCUT2D eigenvalue weighted by Crippen LogP contribution is 2.17. The van der Waals surface area contributed by atoms with E-state index in [4.69, 9.17) is 15.2 Å². The predicted octanol–water partition coefficient (Wildman–Crippen LogP) is 0.170. The number of nitrogens with one attached hydrogen (secondary N) is 1. The SMILES string of the molecule is CC[C@H](N)C(=O)Nc1nc(OC)cc(OC)n1. The molecular weight excluding hydrogens is 224 g/mol. The molecule has 0 bridgehead atoms. The van der Waals surface area contributed by atoms with E-state index in [1.807, 2.05) is 6.92 Å². The summed E-state index contributed by atoms with van der Waals surface area (Å²) in [7, 11) is 2.93. The molecule has 1 heterocycles. The maximum absolute atomic E-state index is 11.5. The lowest BCUT2D eigenvalue weighted by Crippen LogP contribution is -2.35. The second kappa shape index (κ2) is 6.00. The van der Waals surface area contributed by atoms with Crippen LogP contribution in [0.25, 0.3) is 0 Å². The fraction of sp³-hybridized carbons (Fsp3) is 0.500. The van der Waals surface area contributed by atoms with Gasteiger partial charge >= 0.3 is 0 Å². The molecule has 0 spiro atoms. The highest BCUT2D eigenvalue weighted by atomic mass is 16.5. The summed E-state index contributed by atoms with van der Waals surface area (Å²) in [4.78, 5) is 19.5. The zero-order valence-electron chi connectivity index (χ0n) is 10.1. The molecule has 0 unspecified atom stereocenters. The van der Waals surface area contributed by atoms with Crippen molar-refractivity contribution in [1.29, 1.82) is 0 Å². The monoisotopic (exact) mass is 240 g/mol. The van der Waals surface area contributed by atoms with E-state index in [9.17, 15) is 4.79 Å². The summed E-state index contributed by atoms with van der Waals surface area (Å²) in [6.07, 6.45) is 0.535. The Hall–Kier alpha value is -1.89. The summed E-state index contributed by atoms with van der Waals surface area (Å²) < 4.78 is 9.90. The summed E-state index contributed by atoms with van der Waals surface area (Å²) >= 11 is 0. The predicted molar refractivity (Wildman–Crippen MR) is 62.0 cm³/mol. The van der Waals surface area contributed by atoms with Crippen LogP contribution in [0.2, 0.25) is 0 Å². The van der Waals surface area contributed by atoms with Gasteiger partial charge in [0.15, 0.2) is 0 Å². The number of hydrogen-bond acceptors (Lipinski definition) is 6. The second-order valence-corrected chi connectivity index (χ2v) is 3.28. The van der Waals surface area contributed by atoms with Crippen LogP contribution in [0.4, 0.5) is 5.95 Å². The number of ether oxygens (including phenoxy) is 2. The molecule has 1 atom stereocenters. The maximum Gasteiger partial charge on any atom is 0.243 e. The van der Waals surface area contributed by atoms with E-state index in [-0.39, 0.29) is 11.9 Å². The highest BCUT2D eigenvalue weighted by molar-refractivity contribution is 5.93. The number of amides is 1. The van der Waals surface area contributed by atoms with E-state index < -0.39 is 6.04 Å². The summed E-state index contributed by atoms with van der Waals surface area (Å²) in [5, 5.41) is 2.50. The van der Waals surface area contributed by atoms with E-state index in [0.717, 1.165) is 0 Å². The van der Waals surface area contributed by atoms with Gasteiger partial charge in [-0.15, -0.1) is 0 Å². The van der Waals surface area contributed by atoms with Crippen molar-refractivity contribution in [3.63, 3.8) is 0 Å². The van der Waals surface area contributed by atoms with Gasteiger partial charge in [-0.2, -0.15) is 9.97 Å². The Morgan fingerprint density at radius 1 is 1.41 bits per heavy atom. The molecule has 7 nitrogen and oxygen atoms in total. The molecule has 1 rings (SSSR count). The van der Waals surface area contributed by atoms with E-state index in [2.05, 4.69) is 15.3 Å². The van der Waals surface area contributed by atoms with Crippen molar-refractivity contribution in [3.8, 4) is 11.8 Å². The van der Waals surface area contributed by atoms with Gasteiger partial charge in [0.05, 0.1) is 26.3 Å². The molecule has 0 saturated carbocycles. The minimum absolute atomic E-state index is 0.107. The first-order chi connectivity index (χ1) is 8.10. The Kier molecular flexibility index (Phi) is 4.65. The first kappa shape index (κ1) is 13.2. The van der Waals surface area contributed by atoms with Gasteiger partial charge in [-0.3, -0.25) is 10.1 Å². The van der Waals surface area contributed by atoms with Gasteiger partial charge in [-0.05, 0) is 6.42 Å². The van der Waals surface area contributed by atoms with Crippen LogP contribution < -0.4 is 20.5 Å². The zero-order chi connectivity index (χ0) is 12.8. The minimum Gasteiger partial charge on any atom is -0.481 e. The molecule has 3 N–H and O–H groups in total. The number of hydrogen-bond donors (Lipinski definition) is 2. The topological polar surface area (TPSA) is 99.4 Å². The molecule has 0 aliphatic heterocycles. The Balaban J connectivity index is 2.86. The van der Waals surface area contributed by atoms with Gasteiger partial charge < -0.3 is 15.2 Å². The number of nitrogens with two attached hydrogens (primary N) is 1. The average molecular weight is 240 g/mol. The van der Waals surface area contributed by atoms with Gasteiger partial charge in [0.25, 0.3) is 0 Å². The number of nitrogens with zero attached hydrogens (tertiary/aromatic N) is 2. The molecule has 94 valence electrons. The molecule has 0 aliphatic carbocycles. The second-order valence-electron chi connectivity index (χ2n) is 3.28. The Bertz CT molecular complexity index is 375. The lowest BCUT2D eigenvalue weighted by atomic mass is 10.2. The molecule has 0 fully saturated rings. The fourth-order valence-electron chi connectivity index (χ4n) is 1.06. The lowest BCUT2D eigenvalue weighted by molar-refractivity contribution is -0.117. The Labute approximate surface area is 99.3 Å². The van der Waals surface area contributed by atoms with Crippen molar-refractivity contribution < 1.29 is 14.3 Å². The number of anilines is 1. The summed E-state index contributed by atoms with van der Waals surface area (Å²) in [6.45, 7) is 1.82. The van der Waals surface area contributed by atoms with Crippen LogP contribution in [0.5, 0.6) is 11.8 Å².